The number of allylic oxidation sites excluding steroid dienone is 1. The highest BCUT2D eigenvalue weighted by atomic mass is 79.9. The molecular weight excluding hydrogens is 544 g/mol. The number of aromatic nitrogens is 4. The van der Waals surface area contributed by atoms with Gasteiger partial charge < -0.3 is 5.32 Å². The average molecular weight is 570 g/mol. The number of fused-ring (bicyclic) bond motifs is 6. The van der Waals surface area contributed by atoms with Crippen LogP contribution in [0.5, 0.6) is 0 Å². The summed E-state index contributed by atoms with van der Waals surface area (Å²) in [6, 6.07) is 7.53. The fourth-order valence-corrected chi connectivity index (χ4v) is 7.48. The van der Waals surface area contributed by atoms with Crippen LogP contribution < -0.4 is 5.32 Å². The van der Waals surface area contributed by atoms with Gasteiger partial charge in [-0.25, -0.2) is 4.98 Å². The highest BCUT2D eigenvalue weighted by Gasteiger charge is 2.44. The number of benzene rings is 1. The number of aliphatic imine (C=N–C) groups is 1. The Labute approximate surface area is 220 Å². The van der Waals surface area contributed by atoms with Gasteiger partial charge in [-0.15, -0.1) is 10.2 Å². The lowest BCUT2D eigenvalue weighted by Crippen LogP contribution is -2.21. The van der Waals surface area contributed by atoms with Crippen LogP contribution in [0.3, 0.4) is 0 Å². The van der Waals surface area contributed by atoms with Crippen LogP contribution in [0, 0.1) is 0 Å². The number of rotatable bonds is 7. The van der Waals surface area contributed by atoms with Crippen molar-refractivity contribution in [1.29, 1.82) is 0 Å². The van der Waals surface area contributed by atoms with Crippen molar-refractivity contribution in [3.05, 3.63) is 51.9 Å². The maximum atomic E-state index is 12.5. The Morgan fingerprint density at radius 1 is 1.26 bits per heavy atom. The third kappa shape index (κ3) is 4.34. The number of unbranched alkanes of at least 4 members (excludes halogenated alkanes) is 1. The monoisotopic (exact) mass is 568 g/mol. The van der Waals surface area contributed by atoms with E-state index in [2.05, 4.69) is 38.4 Å². The fraction of sp³-hybridized carbons (Fsp3) is 0.400. The van der Waals surface area contributed by atoms with Crippen LogP contribution >= 0.6 is 39.5 Å². The number of nitrogens with one attached hydrogen (secondary N) is 1. The van der Waals surface area contributed by atoms with E-state index in [-0.39, 0.29) is 23.0 Å². The predicted octanol–water partition coefficient (Wildman–Crippen LogP) is 6.26. The van der Waals surface area contributed by atoms with E-state index in [1.807, 2.05) is 35.0 Å². The number of anilines is 1. The normalized spacial score (nSPS) is 20.6. The molecule has 3 aromatic rings. The molecule has 0 fully saturated rings. The lowest BCUT2D eigenvalue weighted by Gasteiger charge is -2.26. The molecular formula is C25H25BrN6OS2. The predicted molar refractivity (Wildman–Crippen MR) is 145 cm³/mol. The molecule has 2 atom stereocenters. The molecule has 180 valence electrons. The molecule has 2 aromatic heterocycles. The van der Waals surface area contributed by atoms with Crippen LogP contribution in [0.2, 0.25) is 0 Å². The Morgan fingerprint density at radius 3 is 2.94 bits per heavy atom. The van der Waals surface area contributed by atoms with Crippen LogP contribution in [-0.2, 0) is 4.79 Å². The summed E-state index contributed by atoms with van der Waals surface area (Å²) >= 11 is 6.55. The maximum Gasteiger partial charge on any atom is 0.234 e. The van der Waals surface area contributed by atoms with E-state index >= 15 is 0 Å². The zero-order valence-corrected chi connectivity index (χ0v) is 22.5. The molecule has 1 aromatic carbocycles. The number of carbonyl (C=O) groups is 1. The summed E-state index contributed by atoms with van der Waals surface area (Å²) in [5.74, 6) is 0.416. The van der Waals surface area contributed by atoms with Gasteiger partial charge in [-0.3, -0.25) is 14.2 Å². The van der Waals surface area contributed by atoms with Gasteiger partial charge in [0.1, 0.15) is 11.7 Å². The summed E-state index contributed by atoms with van der Waals surface area (Å²) in [7, 11) is 0. The molecule has 1 N–H and O–H groups in total. The number of hydrogen-bond acceptors (Lipinski definition) is 7. The van der Waals surface area contributed by atoms with Crippen LogP contribution in [-0.4, -0.2) is 42.3 Å². The molecule has 2 aliphatic heterocycles. The molecule has 3 aliphatic rings. The Morgan fingerprint density at radius 2 is 2.11 bits per heavy atom. The summed E-state index contributed by atoms with van der Waals surface area (Å²) in [5.41, 5.74) is 7.06. The molecule has 10 heteroatoms. The largest absolute Gasteiger partial charge is 0.325 e. The third-order valence-corrected chi connectivity index (χ3v) is 9.44. The van der Waals surface area contributed by atoms with Crippen LogP contribution in [0.4, 0.5) is 5.69 Å². The minimum absolute atomic E-state index is 0.0850. The highest BCUT2D eigenvalue weighted by Crippen LogP contribution is 2.55. The topological polar surface area (TPSA) is 84.5 Å². The van der Waals surface area contributed by atoms with Crippen molar-refractivity contribution >= 4 is 62.4 Å². The van der Waals surface area contributed by atoms with Gasteiger partial charge in [0.05, 0.1) is 22.3 Å². The van der Waals surface area contributed by atoms with Gasteiger partial charge in [-0.1, -0.05) is 58.4 Å². The molecule has 0 radical (unpaired) electrons. The van der Waals surface area contributed by atoms with E-state index in [9.17, 15) is 4.79 Å². The second-order valence-electron chi connectivity index (χ2n) is 9.00. The van der Waals surface area contributed by atoms with E-state index in [0.29, 0.717) is 5.16 Å². The maximum absolute atomic E-state index is 12.5. The Balaban J connectivity index is 1.22. The van der Waals surface area contributed by atoms with Gasteiger partial charge in [0.15, 0.2) is 10.8 Å². The van der Waals surface area contributed by atoms with Crippen molar-refractivity contribution < 1.29 is 4.79 Å². The molecule has 0 saturated heterocycles. The number of carbonyl (C=O) groups excluding carboxylic acids is 1. The summed E-state index contributed by atoms with van der Waals surface area (Å²) in [6.45, 7) is 2.24. The summed E-state index contributed by atoms with van der Waals surface area (Å²) in [5, 5.41) is 12.6. The van der Waals surface area contributed by atoms with Crippen molar-refractivity contribution in [3.8, 4) is 0 Å². The van der Waals surface area contributed by atoms with Gasteiger partial charge in [-0.05, 0) is 61.9 Å². The minimum Gasteiger partial charge on any atom is -0.325 e. The molecule has 0 saturated carbocycles. The molecule has 6 rings (SSSR count). The summed E-state index contributed by atoms with van der Waals surface area (Å²) < 4.78 is 2.88. The van der Waals surface area contributed by atoms with E-state index in [0.717, 1.165) is 45.7 Å². The van der Waals surface area contributed by atoms with E-state index in [1.54, 1.807) is 17.3 Å². The van der Waals surface area contributed by atoms with Crippen molar-refractivity contribution in [2.45, 2.75) is 66.8 Å². The van der Waals surface area contributed by atoms with Crippen molar-refractivity contribution in [3.63, 3.8) is 0 Å². The molecule has 0 unspecified atom stereocenters. The zero-order chi connectivity index (χ0) is 23.9. The van der Waals surface area contributed by atoms with E-state index in [4.69, 9.17) is 9.98 Å². The molecule has 0 bridgehead atoms. The summed E-state index contributed by atoms with van der Waals surface area (Å²) in [6.07, 6.45) is 8.78. The quantitative estimate of drug-likeness (QED) is 0.338. The number of amides is 1. The number of nitrogens with zero attached hydrogens (tertiary/aromatic N) is 5. The van der Waals surface area contributed by atoms with Crippen LogP contribution in [0.25, 0.3) is 5.65 Å². The Bertz CT molecular complexity index is 1370. The van der Waals surface area contributed by atoms with Gasteiger partial charge >= 0.3 is 0 Å². The van der Waals surface area contributed by atoms with Gasteiger partial charge in [0.2, 0.25) is 5.91 Å². The first-order valence-electron chi connectivity index (χ1n) is 12.0. The standard InChI is InChI=1S/C25H25BrN6OS2/c1-2-3-7-18-16-5-4-6-17(16)20-21-22(35-24(20)29-18)23-30-31-25(32(23)13-27-21)34-12-19(33)28-15-10-8-14(26)9-11-15/h8-11,13,20,24H,2-7,12H2,1H3,(H,28,33)/t20-,24+/m0/s1. The number of thioether (sulfide) groups is 2. The first-order chi connectivity index (χ1) is 17.1. The molecule has 35 heavy (non-hydrogen) atoms. The van der Waals surface area contributed by atoms with Crippen LogP contribution in [0.1, 0.15) is 57.1 Å². The average Bonchev–Trinajstić information content (AvgIpc) is 3.58. The molecule has 1 aliphatic carbocycles. The first kappa shape index (κ1) is 23.2. The molecule has 0 spiro atoms. The molecule has 7 nitrogen and oxygen atoms in total. The fourth-order valence-electron chi connectivity index (χ4n) is 5.12. The SMILES string of the molecule is CCCCC1=N[C@@H]2Sc3c(ncn4c(SCC(=O)Nc5ccc(Br)cc5)nnc34)[C@@H]2C2=C1CCC2. The smallest absolute Gasteiger partial charge is 0.234 e. The lowest BCUT2D eigenvalue weighted by atomic mass is 9.87. The lowest BCUT2D eigenvalue weighted by molar-refractivity contribution is -0.113. The summed E-state index contributed by atoms with van der Waals surface area (Å²) in [4.78, 5) is 23.7. The number of dihydropyridines is 1. The minimum atomic E-state index is -0.0850. The second kappa shape index (κ2) is 9.71. The van der Waals surface area contributed by atoms with E-state index in [1.165, 1.54) is 42.3 Å². The van der Waals surface area contributed by atoms with Crippen molar-refractivity contribution in [1.82, 2.24) is 19.6 Å². The van der Waals surface area contributed by atoms with E-state index < -0.39 is 0 Å². The number of halogens is 1. The second-order valence-corrected chi connectivity index (χ2v) is 12.0. The first-order valence-corrected chi connectivity index (χ1v) is 14.7. The number of hydrogen-bond donors (Lipinski definition) is 1. The Kier molecular flexibility index (Phi) is 6.45. The van der Waals surface area contributed by atoms with Gasteiger partial charge in [0.25, 0.3) is 0 Å². The molecule has 1 amide bonds. The third-order valence-electron chi connectivity index (χ3n) is 6.73. The van der Waals surface area contributed by atoms with Crippen LogP contribution in [0.15, 0.2) is 61.3 Å². The van der Waals surface area contributed by atoms with Crippen molar-refractivity contribution in [2.75, 3.05) is 11.1 Å². The Hall–Kier alpha value is -2.17. The zero-order valence-electron chi connectivity index (χ0n) is 19.3. The highest BCUT2D eigenvalue weighted by molar-refractivity contribution is 9.10. The van der Waals surface area contributed by atoms with Gasteiger partial charge in [-0.2, -0.15) is 0 Å². The van der Waals surface area contributed by atoms with Gasteiger partial charge in [0, 0.05) is 15.9 Å². The molecule has 4 heterocycles. The van der Waals surface area contributed by atoms with Crippen molar-refractivity contribution in [2.24, 2.45) is 4.99 Å².